The van der Waals surface area contributed by atoms with Crippen LogP contribution in [0.4, 0.5) is 0 Å². The van der Waals surface area contributed by atoms with Crippen LogP contribution < -0.4 is 0 Å². The number of ether oxygens (including phenoxy) is 1. The van der Waals surface area contributed by atoms with Gasteiger partial charge in [-0.25, -0.2) is 0 Å². The van der Waals surface area contributed by atoms with Gasteiger partial charge < -0.3 is 4.74 Å². The summed E-state index contributed by atoms with van der Waals surface area (Å²) in [6.45, 7) is 0.900. The molecule has 2 saturated heterocycles. The molecule has 2 unspecified atom stereocenters. The van der Waals surface area contributed by atoms with E-state index >= 15 is 0 Å². The molecule has 0 spiro atoms. The zero-order valence-electron chi connectivity index (χ0n) is 7.79. The van der Waals surface area contributed by atoms with Gasteiger partial charge in [0.25, 0.3) is 0 Å². The Morgan fingerprint density at radius 2 is 2.46 bits per heavy atom. The maximum Gasteiger partial charge on any atom is 0.105 e. The van der Waals surface area contributed by atoms with Gasteiger partial charge in [-0.2, -0.15) is 5.26 Å². The van der Waals surface area contributed by atoms with E-state index in [0.717, 1.165) is 31.6 Å². The van der Waals surface area contributed by atoms with E-state index in [1.165, 1.54) is 12.8 Å². The van der Waals surface area contributed by atoms with Crippen LogP contribution in [0.2, 0.25) is 0 Å². The second-order valence-corrected chi connectivity index (χ2v) is 5.38. The van der Waals surface area contributed by atoms with E-state index in [1.54, 1.807) is 0 Å². The average molecular weight is 197 g/mol. The molecule has 0 aliphatic carbocycles. The number of hydrogen-bond acceptors (Lipinski definition) is 3. The third-order valence-corrected chi connectivity index (χ3v) is 4.40. The van der Waals surface area contributed by atoms with E-state index < -0.39 is 0 Å². The van der Waals surface area contributed by atoms with Crippen LogP contribution in [0.5, 0.6) is 0 Å². The lowest BCUT2D eigenvalue weighted by atomic mass is 9.96. The van der Waals surface area contributed by atoms with Gasteiger partial charge in [-0.1, -0.05) is 0 Å². The number of nitrogens with zero attached hydrogens (tertiary/aromatic N) is 1. The van der Waals surface area contributed by atoms with Gasteiger partial charge in [-0.3, -0.25) is 0 Å². The molecule has 0 aromatic carbocycles. The summed E-state index contributed by atoms with van der Waals surface area (Å²) < 4.78 is 5.48. The van der Waals surface area contributed by atoms with Crippen LogP contribution in [0.1, 0.15) is 32.1 Å². The highest BCUT2D eigenvalue weighted by molar-refractivity contribution is 8.01. The molecule has 0 bridgehead atoms. The molecule has 2 atom stereocenters. The monoisotopic (exact) mass is 197 g/mol. The smallest absolute Gasteiger partial charge is 0.105 e. The fourth-order valence-electron chi connectivity index (χ4n) is 2.17. The SMILES string of the molecule is N#CC1(CC2CCCO2)CCCS1. The fourth-order valence-corrected chi connectivity index (χ4v) is 3.50. The standard InChI is InChI=1S/C10H15NOS/c11-8-10(4-2-6-13-10)7-9-3-1-5-12-9/h9H,1-7H2. The molecule has 2 fully saturated rings. The Labute approximate surface area is 83.6 Å². The fraction of sp³-hybridized carbons (Fsp3) is 0.900. The Kier molecular flexibility index (Phi) is 2.80. The lowest BCUT2D eigenvalue weighted by molar-refractivity contribution is 0.0989. The highest BCUT2D eigenvalue weighted by atomic mass is 32.2. The molecule has 72 valence electrons. The Morgan fingerprint density at radius 3 is 3.00 bits per heavy atom. The molecule has 2 rings (SSSR count). The van der Waals surface area contributed by atoms with E-state index in [1.807, 2.05) is 11.8 Å². The molecule has 3 heteroatoms. The quantitative estimate of drug-likeness (QED) is 0.681. The molecular formula is C10H15NOS. The molecule has 2 nitrogen and oxygen atoms in total. The second-order valence-electron chi connectivity index (χ2n) is 3.90. The summed E-state index contributed by atoms with van der Waals surface area (Å²) in [7, 11) is 0. The van der Waals surface area contributed by atoms with E-state index in [9.17, 15) is 0 Å². The second kappa shape index (κ2) is 3.89. The van der Waals surface area contributed by atoms with Gasteiger partial charge in [0, 0.05) is 13.0 Å². The van der Waals surface area contributed by atoms with Crippen molar-refractivity contribution in [3.63, 3.8) is 0 Å². The first kappa shape index (κ1) is 9.36. The van der Waals surface area contributed by atoms with E-state index in [2.05, 4.69) is 6.07 Å². The summed E-state index contributed by atoms with van der Waals surface area (Å²) >= 11 is 1.84. The largest absolute Gasteiger partial charge is 0.378 e. The van der Waals surface area contributed by atoms with Crippen molar-refractivity contribution in [1.82, 2.24) is 0 Å². The Balaban J connectivity index is 1.93. The van der Waals surface area contributed by atoms with Crippen LogP contribution in [-0.2, 0) is 4.74 Å². The van der Waals surface area contributed by atoms with Gasteiger partial charge in [-0.15, -0.1) is 11.8 Å². The first-order valence-electron chi connectivity index (χ1n) is 5.01. The third kappa shape index (κ3) is 2.00. The van der Waals surface area contributed by atoms with Gasteiger partial charge >= 0.3 is 0 Å². The van der Waals surface area contributed by atoms with Crippen molar-refractivity contribution >= 4 is 11.8 Å². The molecule has 2 aliphatic heterocycles. The van der Waals surface area contributed by atoms with Crippen molar-refractivity contribution in [1.29, 1.82) is 5.26 Å². The molecule has 0 amide bonds. The van der Waals surface area contributed by atoms with Gasteiger partial charge in [0.05, 0.1) is 12.2 Å². The molecule has 13 heavy (non-hydrogen) atoms. The Bertz CT molecular complexity index is 211. The molecule has 2 aliphatic rings. The van der Waals surface area contributed by atoms with Crippen molar-refractivity contribution in [2.75, 3.05) is 12.4 Å². The number of hydrogen-bond donors (Lipinski definition) is 0. The number of rotatable bonds is 2. The first-order chi connectivity index (χ1) is 6.35. The van der Waals surface area contributed by atoms with Gasteiger partial charge in [0.15, 0.2) is 0 Å². The maximum absolute atomic E-state index is 9.15. The van der Waals surface area contributed by atoms with E-state index in [4.69, 9.17) is 10.00 Å². The van der Waals surface area contributed by atoms with Crippen molar-refractivity contribution in [3.05, 3.63) is 0 Å². The summed E-state index contributed by atoms with van der Waals surface area (Å²) in [6, 6.07) is 2.49. The van der Waals surface area contributed by atoms with Crippen LogP contribution in [0.25, 0.3) is 0 Å². The molecule has 0 saturated carbocycles. The van der Waals surface area contributed by atoms with E-state index in [0.29, 0.717) is 6.10 Å². The van der Waals surface area contributed by atoms with Crippen molar-refractivity contribution in [3.8, 4) is 6.07 Å². The van der Waals surface area contributed by atoms with Crippen molar-refractivity contribution in [2.24, 2.45) is 0 Å². The average Bonchev–Trinajstić information content (AvgIpc) is 2.77. The summed E-state index contributed by atoms with van der Waals surface area (Å²) in [6.07, 6.45) is 5.92. The summed E-state index contributed by atoms with van der Waals surface area (Å²) in [5.74, 6) is 1.15. The minimum absolute atomic E-state index is 0.102. The van der Waals surface area contributed by atoms with Crippen LogP contribution in [0.15, 0.2) is 0 Å². The minimum atomic E-state index is -0.102. The molecule has 0 aromatic rings. The summed E-state index contributed by atoms with van der Waals surface area (Å²) in [5.41, 5.74) is 0. The summed E-state index contributed by atoms with van der Waals surface area (Å²) in [5, 5.41) is 9.15. The molecule has 0 radical (unpaired) electrons. The lowest BCUT2D eigenvalue weighted by Gasteiger charge is -2.22. The predicted octanol–water partition coefficient (Wildman–Crippen LogP) is 2.34. The molecular weight excluding hydrogens is 182 g/mol. The van der Waals surface area contributed by atoms with Crippen LogP contribution in [-0.4, -0.2) is 23.2 Å². The molecule has 0 aromatic heterocycles. The van der Waals surface area contributed by atoms with Crippen LogP contribution in [0, 0.1) is 11.3 Å². The van der Waals surface area contributed by atoms with E-state index in [-0.39, 0.29) is 4.75 Å². The Hall–Kier alpha value is -0.200. The number of nitriles is 1. The van der Waals surface area contributed by atoms with Crippen molar-refractivity contribution < 1.29 is 4.74 Å². The van der Waals surface area contributed by atoms with Crippen molar-refractivity contribution in [2.45, 2.75) is 43.0 Å². The lowest BCUT2D eigenvalue weighted by Crippen LogP contribution is -2.25. The van der Waals surface area contributed by atoms with Crippen LogP contribution in [0.3, 0.4) is 0 Å². The summed E-state index contributed by atoms with van der Waals surface area (Å²) in [4.78, 5) is 0. The third-order valence-electron chi connectivity index (χ3n) is 2.89. The normalized spacial score (nSPS) is 39.2. The molecule has 0 N–H and O–H groups in total. The Morgan fingerprint density at radius 1 is 1.54 bits per heavy atom. The maximum atomic E-state index is 9.15. The highest BCUT2D eigenvalue weighted by Gasteiger charge is 2.38. The number of thioether (sulfide) groups is 1. The molecule has 2 heterocycles. The first-order valence-corrected chi connectivity index (χ1v) is 6.00. The van der Waals surface area contributed by atoms with Gasteiger partial charge in [0.2, 0.25) is 0 Å². The zero-order chi connectivity index (χ0) is 9.15. The highest BCUT2D eigenvalue weighted by Crippen LogP contribution is 2.42. The predicted molar refractivity (Wildman–Crippen MR) is 53.6 cm³/mol. The van der Waals surface area contributed by atoms with Crippen LogP contribution >= 0.6 is 11.8 Å². The van der Waals surface area contributed by atoms with Gasteiger partial charge in [-0.05, 0) is 31.4 Å². The minimum Gasteiger partial charge on any atom is -0.378 e. The zero-order valence-corrected chi connectivity index (χ0v) is 8.61. The van der Waals surface area contributed by atoms with Gasteiger partial charge in [0.1, 0.15) is 4.75 Å². The topological polar surface area (TPSA) is 33.0 Å².